The van der Waals surface area contributed by atoms with Crippen LogP contribution in [0, 0.1) is 0 Å². The Morgan fingerprint density at radius 1 is 0.884 bits per heavy atom. The van der Waals surface area contributed by atoms with Gasteiger partial charge in [-0.2, -0.15) is 0 Å². The summed E-state index contributed by atoms with van der Waals surface area (Å²) >= 11 is 0. The maximum atomic E-state index is 13.7. The third-order valence-electron chi connectivity index (χ3n) is 6.73. The van der Waals surface area contributed by atoms with E-state index in [1.807, 2.05) is 30.3 Å². The monoisotopic (exact) mass is 587 g/mol. The molecule has 0 aliphatic carbocycles. The molecule has 1 heterocycles. The summed E-state index contributed by atoms with van der Waals surface area (Å²) in [5, 5.41) is 18.0. The second-order valence-electron chi connectivity index (χ2n) is 11.5. The fourth-order valence-electron chi connectivity index (χ4n) is 4.71. The van der Waals surface area contributed by atoms with Gasteiger partial charge in [-0.3, -0.25) is 9.59 Å². The van der Waals surface area contributed by atoms with Gasteiger partial charge in [0.2, 0.25) is 11.8 Å². The highest BCUT2D eigenvalue weighted by Gasteiger charge is 2.31. The summed E-state index contributed by atoms with van der Waals surface area (Å²) in [5.41, 5.74) is 1.50. The zero-order chi connectivity index (χ0) is 31.0. The van der Waals surface area contributed by atoms with Gasteiger partial charge in [0.05, 0.1) is 0 Å². The molecular formula is C33H37N3O7. The van der Waals surface area contributed by atoms with Gasteiger partial charge in [-0.1, -0.05) is 54.6 Å². The Morgan fingerprint density at radius 2 is 1.51 bits per heavy atom. The van der Waals surface area contributed by atoms with Crippen molar-refractivity contribution in [3.05, 3.63) is 95.6 Å². The highest BCUT2D eigenvalue weighted by Crippen LogP contribution is 2.25. The number of nitrogens with one attached hydrogen (secondary N) is 3. The molecule has 10 heteroatoms. The van der Waals surface area contributed by atoms with Crippen LogP contribution in [0.5, 0.6) is 11.5 Å². The van der Waals surface area contributed by atoms with E-state index in [9.17, 15) is 24.3 Å². The minimum absolute atomic E-state index is 0.000485. The zero-order valence-corrected chi connectivity index (χ0v) is 24.5. The van der Waals surface area contributed by atoms with Gasteiger partial charge in [0, 0.05) is 12.8 Å². The molecule has 43 heavy (non-hydrogen) atoms. The maximum absolute atomic E-state index is 13.7. The van der Waals surface area contributed by atoms with Crippen molar-refractivity contribution in [2.75, 3.05) is 0 Å². The number of alkyl carbamates (subject to hydrolysis) is 1. The molecule has 1 aliphatic rings. The number of aryl methyl sites for hydroxylation is 1. The molecule has 4 N–H and O–H groups in total. The van der Waals surface area contributed by atoms with E-state index in [4.69, 9.17) is 9.47 Å². The first-order chi connectivity index (χ1) is 20.4. The first-order valence-corrected chi connectivity index (χ1v) is 14.2. The molecule has 226 valence electrons. The molecule has 3 atom stereocenters. The summed E-state index contributed by atoms with van der Waals surface area (Å²) in [7, 11) is 0. The van der Waals surface area contributed by atoms with E-state index in [1.54, 1.807) is 69.3 Å². The lowest BCUT2D eigenvalue weighted by atomic mass is 10.0. The SMILES string of the molecule is CC(C)(C)OC(=O)NC1Cc2cccc(c2)Oc2cccc(c2)C[C@@H](C(=O)O)NC(=O)[C@H](CCc2ccccc2)NC1=O. The van der Waals surface area contributed by atoms with Crippen LogP contribution in [0.3, 0.4) is 0 Å². The highest BCUT2D eigenvalue weighted by molar-refractivity contribution is 5.93. The van der Waals surface area contributed by atoms with Crippen molar-refractivity contribution < 1.29 is 33.8 Å². The molecule has 0 radical (unpaired) electrons. The molecule has 4 bridgehead atoms. The fourth-order valence-corrected chi connectivity index (χ4v) is 4.71. The Labute approximate surface area is 250 Å². The topological polar surface area (TPSA) is 143 Å². The van der Waals surface area contributed by atoms with Crippen LogP contribution in [0.4, 0.5) is 4.79 Å². The van der Waals surface area contributed by atoms with E-state index in [-0.39, 0.29) is 19.3 Å². The van der Waals surface area contributed by atoms with Crippen molar-refractivity contribution in [3.8, 4) is 11.5 Å². The molecule has 1 aliphatic heterocycles. The van der Waals surface area contributed by atoms with Crippen LogP contribution in [0.15, 0.2) is 78.9 Å². The molecule has 1 unspecified atom stereocenters. The van der Waals surface area contributed by atoms with Crippen LogP contribution in [0.25, 0.3) is 0 Å². The van der Waals surface area contributed by atoms with Crippen LogP contribution in [-0.4, -0.2) is 52.7 Å². The summed E-state index contributed by atoms with van der Waals surface area (Å²) in [6.07, 6.45) is -0.0651. The van der Waals surface area contributed by atoms with E-state index in [0.29, 0.717) is 29.0 Å². The van der Waals surface area contributed by atoms with Gasteiger partial charge in [0.1, 0.15) is 35.2 Å². The summed E-state index contributed by atoms with van der Waals surface area (Å²) in [6.45, 7) is 5.14. The summed E-state index contributed by atoms with van der Waals surface area (Å²) in [6, 6.07) is 20.1. The average Bonchev–Trinajstić information content (AvgIpc) is 2.94. The van der Waals surface area contributed by atoms with E-state index >= 15 is 0 Å². The molecule has 3 aromatic carbocycles. The van der Waals surface area contributed by atoms with Crippen molar-refractivity contribution >= 4 is 23.9 Å². The summed E-state index contributed by atoms with van der Waals surface area (Å²) in [4.78, 5) is 52.2. The molecule has 0 saturated heterocycles. The molecule has 4 rings (SSSR count). The largest absolute Gasteiger partial charge is 0.480 e. The number of ether oxygens (including phenoxy) is 2. The smallest absolute Gasteiger partial charge is 0.408 e. The van der Waals surface area contributed by atoms with Crippen LogP contribution >= 0.6 is 0 Å². The van der Waals surface area contributed by atoms with Crippen LogP contribution < -0.4 is 20.7 Å². The second kappa shape index (κ2) is 13.9. The maximum Gasteiger partial charge on any atom is 0.408 e. The van der Waals surface area contributed by atoms with E-state index in [0.717, 1.165) is 5.56 Å². The van der Waals surface area contributed by atoms with E-state index in [1.165, 1.54) is 0 Å². The van der Waals surface area contributed by atoms with Gasteiger partial charge >= 0.3 is 12.1 Å². The van der Waals surface area contributed by atoms with Gasteiger partial charge in [0.25, 0.3) is 0 Å². The van der Waals surface area contributed by atoms with E-state index in [2.05, 4.69) is 16.0 Å². The van der Waals surface area contributed by atoms with Crippen molar-refractivity contribution in [1.29, 1.82) is 0 Å². The number of hydrogen-bond donors (Lipinski definition) is 4. The Morgan fingerprint density at radius 3 is 2.12 bits per heavy atom. The number of carbonyl (C=O) groups is 4. The van der Waals surface area contributed by atoms with Gasteiger partial charge in [0.15, 0.2) is 0 Å². The molecule has 3 amide bonds. The van der Waals surface area contributed by atoms with Gasteiger partial charge in [-0.25, -0.2) is 9.59 Å². The molecule has 0 fully saturated rings. The Balaban J connectivity index is 1.70. The zero-order valence-electron chi connectivity index (χ0n) is 24.5. The van der Waals surface area contributed by atoms with Crippen molar-refractivity contribution in [3.63, 3.8) is 0 Å². The fraction of sp³-hybridized carbons (Fsp3) is 0.333. The van der Waals surface area contributed by atoms with Gasteiger partial charge in [-0.05, 0) is 74.6 Å². The number of rotatable bonds is 5. The number of hydrogen-bond acceptors (Lipinski definition) is 6. The highest BCUT2D eigenvalue weighted by atomic mass is 16.6. The summed E-state index contributed by atoms with van der Waals surface area (Å²) < 4.78 is 11.4. The number of amides is 3. The minimum atomic E-state index is -1.26. The van der Waals surface area contributed by atoms with Crippen LogP contribution in [-0.2, 0) is 38.4 Å². The van der Waals surface area contributed by atoms with E-state index < -0.39 is 47.6 Å². The second-order valence-corrected chi connectivity index (χ2v) is 11.5. The number of aliphatic carboxylic acids is 1. The first kappa shape index (κ1) is 31.1. The van der Waals surface area contributed by atoms with Crippen LogP contribution in [0.2, 0.25) is 0 Å². The minimum Gasteiger partial charge on any atom is -0.480 e. The lowest BCUT2D eigenvalue weighted by molar-refractivity contribution is -0.142. The summed E-state index contributed by atoms with van der Waals surface area (Å²) in [5.74, 6) is -1.49. The third-order valence-corrected chi connectivity index (χ3v) is 6.73. The molecule has 0 spiro atoms. The van der Waals surface area contributed by atoms with Crippen LogP contribution in [0.1, 0.15) is 43.9 Å². The molecule has 10 nitrogen and oxygen atoms in total. The van der Waals surface area contributed by atoms with Gasteiger partial charge < -0.3 is 30.5 Å². The van der Waals surface area contributed by atoms with Crippen molar-refractivity contribution in [2.24, 2.45) is 0 Å². The Bertz CT molecular complexity index is 1450. The average molecular weight is 588 g/mol. The predicted octanol–water partition coefficient (Wildman–Crippen LogP) is 4.16. The van der Waals surface area contributed by atoms with Crippen molar-refractivity contribution in [1.82, 2.24) is 16.0 Å². The first-order valence-electron chi connectivity index (χ1n) is 14.2. The molecule has 0 saturated carbocycles. The number of carboxylic acid groups (broad SMARTS) is 1. The lowest BCUT2D eigenvalue weighted by Gasteiger charge is -2.26. The number of carbonyl (C=O) groups excluding carboxylic acids is 3. The molecule has 3 aromatic rings. The Hall–Kier alpha value is -4.86. The normalized spacial score (nSPS) is 19.3. The number of carboxylic acids is 1. The Kier molecular flexibility index (Phi) is 10.0. The standard InChI is InChI=1S/C33H37N3O7/c1-33(2,3)43-32(41)36-27-19-22-11-7-13-24(17-22)42-25-14-8-12-23(18-25)20-28(31(39)40)35-29(37)26(34-30(27)38)16-15-21-9-5-4-6-10-21/h4-14,17-18,26-28H,15-16,19-20H2,1-3H3,(H,34,38)(H,35,37)(H,36,41)(H,39,40)/t26-,27?,28-/m0/s1. The quantitative estimate of drug-likeness (QED) is 0.351. The van der Waals surface area contributed by atoms with Crippen molar-refractivity contribution in [2.45, 2.75) is 70.2 Å². The molecular weight excluding hydrogens is 550 g/mol. The molecule has 0 aromatic heterocycles. The lowest BCUT2D eigenvalue weighted by Crippen LogP contribution is -2.56. The third kappa shape index (κ3) is 9.59. The predicted molar refractivity (Wildman–Crippen MR) is 160 cm³/mol. The van der Waals surface area contributed by atoms with Gasteiger partial charge in [-0.15, -0.1) is 0 Å². The number of fused-ring (bicyclic) bond motifs is 4. The number of benzene rings is 3.